The van der Waals surface area contributed by atoms with E-state index in [1.165, 1.54) is 11.0 Å². The summed E-state index contributed by atoms with van der Waals surface area (Å²) >= 11 is 0. The van der Waals surface area contributed by atoms with Crippen molar-refractivity contribution in [3.8, 4) is 11.8 Å². The first kappa shape index (κ1) is 15.0. The van der Waals surface area contributed by atoms with Gasteiger partial charge < -0.3 is 16.0 Å². The number of benzene rings is 1. The molecule has 0 unspecified atom stereocenters. The van der Waals surface area contributed by atoms with E-state index in [0.717, 1.165) is 0 Å². The van der Waals surface area contributed by atoms with Crippen LogP contribution < -0.4 is 11.1 Å². The summed E-state index contributed by atoms with van der Waals surface area (Å²) in [5.41, 5.74) is 6.37. The van der Waals surface area contributed by atoms with Crippen LogP contribution in [-0.2, 0) is 6.54 Å². The number of hydrogen-bond donors (Lipinski definition) is 2. The van der Waals surface area contributed by atoms with Crippen LogP contribution in [0.5, 0.6) is 0 Å². The zero-order valence-corrected chi connectivity index (χ0v) is 11.2. The van der Waals surface area contributed by atoms with E-state index in [4.69, 9.17) is 5.73 Å². The van der Waals surface area contributed by atoms with Crippen molar-refractivity contribution in [2.75, 3.05) is 20.1 Å². The first-order chi connectivity index (χ1) is 9.08. The molecule has 0 aliphatic rings. The Labute approximate surface area is 112 Å². The van der Waals surface area contributed by atoms with Gasteiger partial charge in [-0.25, -0.2) is 9.18 Å². The molecule has 4 nitrogen and oxygen atoms in total. The van der Waals surface area contributed by atoms with E-state index in [9.17, 15) is 9.18 Å². The van der Waals surface area contributed by atoms with E-state index < -0.39 is 0 Å². The monoisotopic (exact) mass is 263 g/mol. The molecule has 1 aromatic carbocycles. The first-order valence-corrected chi connectivity index (χ1v) is 6.04. The molecule has 0 fully saturated rings. The van der Waals surface area contributed by atoms with Gasteiger partial charge in [-0.1, -0.05) is 11.8 Å². The van der Waals surface area contributed by atoms with E-state index in [0.29, 0.717) is 17.7 Å². The van der Waals surface area contributed by atoms with Crippen LogP contribution in [0.15, 0.2) is 18.2 Å². The normalized spacial score (nSPS) is 9.47. The van der Waals surface area contributed by atoms with Crippen LogP contribution in [0.3, 0.4) is 0 Å². The third-order valence-electron chi connectivity index (χ3n) is 2.63. The minimum atomic E-state index is -0.363. The van der Waals surface area contributed by atoms with Crippen LogP contribution in [0.4, 0.5) is 9.18 Å². The van der Waals surface area contributed by atoms with Crippen molar-refractivity contribution >= 4 is 6.03 Å². The van der Waals surface area contributed by atoms with E-state index in [-0.39, 0.29) is 24.9 Å². The van der Waals surface area contributed by atoms with Gasteiger partial charge in [0, 0.05) is 31.3 Å². The molecule has 0 bridgehead atoms. The highest BCUT2D eigenvalue weighted by Gasteiger charge is 2.08. The summed E-state index contributed by atoms with van der Waals surface area (Å²) in [4.78, 5) is 13.1. The van der Waals surface area contributed by atoms with E-state index in [2.05, 4.69) is 17.2 Å². The fraction of sp³-hybridized carbons (Fsp3) is 0.357. The highest BCUT2D eigenvalue weighted by Crippen LogP contribution is 2.10. The molecule has 1 aromatic rings. The van der Waals surface area contributed by atoms with Gasteiger partial charge in [-0.05, 0) is 25.1 Å². The summed E-state index contributed by atoms with van der Waals surface area (Å²) in [6.07, 6.45) is 0. The van der Waals surface area contributed by atoms with Gasteiger partial charge in [-0.3, -0.25) is 0 Å². The molecule has 0 saturated carbocycles. The molecule has 102 valence electrons. The summed E-state index contributed by atoms with van der Waals surface area (Å²) in [6, 6.07) is 4.30. The topological polar surface area (TPSA) is 58.4 Å². The van der Waals surface area contributed by atoms with Crippen molar-refractivity contribution < 1.29 is 9.18 Å². The second-order valence-electron chi connectivity index (χ2n) is 3.98. The predicted octanol–water partition coefficient (Wildman–Crippen LogP) is 1.30. The molecule has 0 aromatic heterocycles. The average Bonchev–Trinajstić information content (AvgIpc) is 2.43. The Bertz CT molecular complexity index is 505. The zero-order chi connectivity index (χ0) is 14.3. The summed E-state index contributed by atoms with van der Waals surface area (Å²) in [6.45, 7) is 2.84. The molecule has 0 heterocycles. The molecule has 1 rings (SSSR count). The largest absolute Gasteiger partial charge is 0.334 e. The molecule has 0 aliphatic heterocycles. The fourth-order valence-electron chi connectivity index (χ4n) is 1.39. The molecule has 0 radical (unpaired) electrons. The molecule has 0 aliphatic carbocycles. The minimum absolute atomic E-state index is 0.132. The molecular weight excluding hydrogens is 245 g/mol. The number of nitrogens with zero attached hydrogens (tertiary/aromatic N) is 1. The molecule has 2 amide bonds. The minimum Gasteiger partial charge on any atom is -0.334 e. The Morgan fingerprint density at radius 1 is 1.53 bits per heavy atom. The Hall–Kier alpha value is -2.06. The van der Waals surface area contributed by atoms with Crippen molar-refractivity contribution in [2.45, 2.75) is 13.5 Å². The summed E-state index contributed by atoms with van der Waals surface area (Å²) in [5, 5.41) is 2.65. The van der Waals surface area contributed by atoms with Crippen molar-refractivity contribution in [1.82, 2.24) is 10.2 Å². The molecular formula is C14H18FN3O. The van der Waals surface area contributed by atoms with Gasteiger partial charge in [0.2, 0.25) is 0 Å². The lowest BCUT2D eigenvalue weighted by molar-refractivity contribution is 0.210. The highest BCUT2D eigenvalue weighted by atomic mass is 19.1. The number of carbonyl (C=O) groups is 1. The Morgan fingerprint density at radius 2 is 2.26 bits per heavy atom. The Balaban J connectivity index is 2.74. The maximum atomic E-state index is 13.6. The number of nitrogens with two attached hydrogens (primary N) is 1. The van der Waals surface area contributed by atoms with Crippen molar-refractivity contribution in [2.24, 2.45) is 5.73 Å². The lowest BCUT2D eigenvalue weighted by Gasteiger charge is -2.15. The molecule has 19 heavy (non-hydrogen) atoms. The maximum absolute atomic E-state index is 13.6. The number of amides is 2. The number of urea groups is 1. The van der Waals surface area contributed by atoms with Crippen molar-refractivity contribution in [3.05, 3.63) is 35.1 Å². The van der Waals surface area contributed by atoms with Crippen LogP contribution >= 0.6 is 0 Å². The molecule has 5 heteroatoms. The lowest BCUT2D eigenvalue weighted by atomic mass is 10.1. The average molecular weight is 263 g/mol. The molecule has 0 atom stereocenters. The first-order valence-electron chi connectivity index (χ1n) is 6.04. The second kappa shape index (κ2) is 7.39. The second-order valence-corrected chi connectivity index (χ2v) is 3.98. The summed E-state index contributed by atoms with van der Waals surface area (Å²) in [5.74, 6) is 5.17. The van der Waals surface area contributed by atoms with Gasteiger partial charge >= 0.3 is 6.03 Å². The van der Waals surface area contributed by atoms with Crippen molar-refractivity contribution in [1.29, 1.82) is 0 Å². The standard InChI is InChI=1S/C14H18FN3O/c1-3-18(2)14(19)17-10-12-9-11(5-4-8-16)6-7-13(12)15/h6-7,9H,3,8,10,16H2,1-2H3,(H,17,19). The Morgan fingerprint density at radius 3 is 2.89 bits per heavy atom. The molecule has 3 N–H and O–H groups in total. The number of halogens is 1. The third-order valence-corrected chi connectivity index (χ3v) is 2.63. The van der Waals surface area contributed by atoms with Crippen LogP contribution in [0.1, 0.15) is 18.1 Å². The van der Waals surface area contributed by atoms with Gasteiger partial charge in [0.25, 0.3) is 0 Å². The van der Waals surface area contributed by atoms with Crippen LogP contribution in [0, 0.1) is 17.7 Å². The fourth-order valence-corrected chi connectivity index (χ4v) is 1.39. The molecule has 0 spiro atoms. The zero-order valence-electron chi connectivity index (χ0n) is 11.2. The predicted molar refractivity (Wildman–Crippen MR) is 72.9 cm³/mol. The van der Waals surface area contributed by atoms with Gasteiger partial charge in [0.1, 0.15) is 5.82 Å². The Kier molecular flexibility index (Phi) is 5.83. The lowest BCUT2D eigenvalue weighted by Crippen LogP contribution is -2.36. The SMILES string of the molecule is CCN(C)C(=O)NCc1cc(C#CCN)ccc1F. The highest BCUT2D eigenvalue weighted by molar-refractivity contribution is 5.73. The summed E-state index contributed by atoms with van der Waals surface area (Å²) in [7, 11) is 1.68. The van der Waals surface area contributed by atoms with Gasteiger partial charge in [0.05, 0.1) is 6.54 Å². The van der Waals surface area contributed by atoms with Crippen LogP contribution in [-0.4, -0.2) is 31.1 Å². The van der Waals surface area contributed by atoms with Crippen molar-refractivity contribution in [3.63, 3.8) is 0 Å². The third kappa shape index (κ3) is 4.60. The van der Waals surface area contributed by atoms with Gasteiger partial charge in [-0.2, -0.15) is 0 Å². The smallest absolute Gasteiger partial charge is 0.317 e. The van der Waals surface area contributed by atoms with E-state index in [1.54, 1.807) is 19.2 Å². The number of hydrogen-bond acceptors (Lipinski definition) is 2. The maximum Gasteiger partial charge on any atom is 0.317 e. The van der Waals surface area contributed by atoms with Crippen LogP contribution in [0.2, 0.25) is 0 Å². The quantitative estimate of drug-likeness (QED) is 0.808. The summed E-state index contributed by atoms with van der Waals surface area (Å²) < 4.78 is 13.6. The number of rotatable bonds is 3. The number of nitrogens with one attached hydrogen (secondary N) is 1. The van der Waals surface area contributed by atoms with Gasteiger partial charge in [0.15, 0.2) is 0 Å². The van der Waals surface area contributed by atoms with Crippen LogP contribution in [0.25, 0.3) is 0 Å². The van der Waals surface area contributed by atoms with E-state index >= 15 is 0 Å². The van der Waals surface area contributed by atoms with Gasteiger partial charge in [-0.15, -0.1) is 0 Å². The molecule has 0 saturated heterocycles. The van der Waals surface area contributed by atoms with E-state index in [1.807, 2.05) is 6.92 Å². The number of carbonyl (C=O) groups excluding carboxylic acids is 1.